The minimum Gasteiger partial charge on any atom is -0.382 e. The summed E-state index contributed by atoms with van der Waals surface area (Å²) in [5.41, 5.74) is 5.64. The zero-order valence-corrected chi connectivity index (χ0v) is 11.5. The highest BCUT2D eigenvalue weighted by atomic mass is 32.1. The molecule has 0 atom stereocenters. The molecule has 0 unspecified atom stereocenters. The Morgan fingerprint density at radius 2 is 2.22 bits per heavy atom. The van der Waals surface area contributed by atoms with Crippen molar-refractivity contribution >= 4 is 28.3 Å². The number of carbonyl (C=O) groups is 1. The molecule has 1 rings (SSSR count). The number of nitrogens with two attached hydrogens (primary N) is 1. The van der Waals surface area contributed by atoms with Gasteiger partial charge in [0.05, 0.1) is 0 Å². The van der Waals surface area contributed by atoms with Gasteiger partial charge in [0.2, 0.25) is 5.91 Å². The van der Waals surface area contributed by atoms with E-state index in [-0.39, 0.29) is 17.3 Å². The van der Waals surface area contributed by atoms with Gasteiger partial charge in [-0.3, -0.25) is 4.79 Å². The van der Waals surface area contributed by atoms with E-state index < -0.39 is 0 Å². The smallest absolute Gasteiger partial charge is 0.222 e. The predicted octanol–water partition coefficient (Wildman–Crippen LogP) is 1.31. The van der Waals surface area contributed by atoms with E-state index >= 15 is 0 Å². The van der Waals surface area contributed by atoms with Crippen LogP contribution in [-0.2, 0) is 4.79 Å². The van der Waals surface area contributed by atoms with Crippen molar-refractivity contribution in [2.24, 2.45) is 0 Å². The number of nitrogens with zero attached hydrogens (tertiary/aromatic N) is 2. The van der Waals surface area contributed by atoms with Crippen LogP contribution in [-0.4, -0.2) is 22.4 Å². The van der Waals surface area contributed by atoms with Crippen LogP contribution < -0.4 is 16.4 Å². The molecule has 0 bridgehead atoms. The molecule has 98 valence electrons. The number of hydrogen-bond acceptors (Lipinski definition) is 6. The third-order valence-electron chi connectivity index (χ3n) is 1.98. The molecule has 18 heavy (non-hydrogen) atoms. The van der Waals surface area contributed by atoms with E-state index in [1.807, 2.05) is 26.8 Å². The molecular formula is C11H17N5OS. The van der Waals surface area contributed by atoms with Crippen LogP contribution in [0.5, 0.6) is 0 Å². The maximum Gasteiger partial charge on any atom is 0.222 e. The molecular weight excluding hydrogens is 250 g/mol. The van der Waals surface area contributed by atoms with Crippen molar-refractivity contribution in [2.45, 2.75) is 32.7 Å². The van der Waals surface area contributed by atoms with Gasteiger partial charge in [0, 0.05) is 18.5 Å². The van der Waals surface area contributed by atoms with Crippen LogP contribution in [0.15, 0.2) is 0 Å². The number of aromatic nitrogens is 1. The lowest BCUT2D eigenvalue weighted by Crippen LogP contribution is -2.41. The van der Waals surface area contributed by atoms with Crippen LogP contribution in [0.3, 0.4) is 0 Å². The molecule has 0 aromatic carbocycles. The van der Waals surface area contributed by atoms with Gasteiger partial charge in [-0.15, -0.1) is 0 Å². The molecule has 6 nitrogen and oxygen atoms in total. The van der Waals surface area contributed by atoms with E-state index in [0.29, 0.717) is 23.5 Å². The summed E-state index contributed by atoms with van der Waals surface area (Å²) >= 11 is 1.13. The molecule has 0 aliphatic rings. The Balaban J connectivity index is 2.43. The molecule has 4 N–H and O–H groups in total. The first-order valence-corrected chi connectivity index (χ1v) is 6.31. The Bertz CT molecular complexity index is 469. The fourth-order valence-electron chi connectivity index (χ4n) is 1.30. The average Bonchev–Trinajstić information content (AvgIpc) is 2.56. The first-order chi connectivity index (χ1) is 8.33. The maximum atomic E-state index is 11.6. The van der Waals surface area contributed by atoms with E-state index in [9.17, 15) is 4.79 Å². The van der Waals surface area contributed by atoms with Gasteiger partial charge in [-0.2, -0.15) is 9.64 Å². The molecule has 0 aliphatic carbocycles. The number of anilines is 2. The van der Waals surface area contributed by atoms with Crippen LogP contribution >= 0.6 is 11.5 Å². The highest BCUT2D eigenvalue weighted by Gasteiger charge is 2.14. The first kappa shape index (κ1) is 14.3. The number of nitrogens with one attached hydrogen (secondary N) is 2. The van der Waals surface area contributed by atoms with Crippen molar-refractivity contribution in [3.63, 3.8) is 0 Å². The Hall–Kier alpha value is -1.81. The summed E-state index contributed by atoms with van der Waals surface area (Å²) in [4.78, 5) is 11.6. The second-order valence-electron chi connectivity index (χ2n) is 4.86. The lowest BCUT2D eigenvalue weighted by molar-refractivity contribution is -0.122. The Kier molecular flexibility index (Phi) is 4.50. The Labute approximate surface area is 110 Å². The standard InChI is InChI=1S/C11H17N5OS/c1-11(2,3)15-8(17)4-5-14-10-7(6-12)9(13)16-18-10/h14H,4-5H2,1-3H3,(H2,13,16)(H,15,17). The van der Waals surface area contributed by atoms with Gasteiger partial charge in [-0.25, -0.2) is 0 Å². The quantitative estimate of drug-likeness (QED) is 0.763. The highest BCUT2D eigenvalue weighted by Crippen LogP contribution is 2.25. The molecule has 0 saturated heterocycles. The molecule has 1 aromatic rings. The summed E-state index contributed by atoms with van der Waals surface area (Å²) in [5, 5.41) is 15.3. The third kappa shape index (κ3) is 4.22. The molecule has 0 radical (unpaired) electrons. The first-order valence-electron chi connectivity index (χ1n) is 5.53. The summed E-state index contributed by atoms with van der Waals surface area (Å²) < 4.78 is 3.88. The van der Waals surface area contributed by atoms with Crippen LogP contribution in [0.25, 0.3) is 0 Å². The Morgan fingerprint density at radius 1 is 1.56 bits per heavy atom. The van der Waals surface area contributed by atoms with E-state index in [1.165, 1.54) is 0 Å². The van der Waals surface area contributed by atoms with Gasteiger partial charge < -0.3 is 16.4 Å². The van der Waals surface area contributed by atoms with Gasteiger partial charge in [-0.1, -0.05) is 0 Å². The molecule has 0 spiro atoms. The fraction of sp³-hybridized carbons (Fsp3) is 0.545. The van der Waals surface area contributed by atoms with Crippen molar-refractivity contribution in [2.75, 3.05) is 17.6 Å². The maximum absolute atomic E-state index is 11.6. The van der Waals surface area contributed by atoms with Gasteiger partial charge in [0.15, 0.2) is 5.82 Å². The third-order valence-corrected chi connectivity index (χ3v) is 2.80. The SMILES string of the molecule is CC(C)(C)NC(=O)CCNc1snc(N)c1C#N. The second-order valence-corrected chi connectivity index (χ2v) is 5.63. The minimum absolute atomic E-state index is 0.0361. The van der Waals surface area contributed by atoms with E-state index in [2.05, 4.69) is 15.0 Å². The molecule has 1 aromatic heterocycles. The molecule has 7 heteroatoms. The highest BCUT2D eigenvalue weighted by molar-refractivity contribution is 7.10. The molecule has 0 aliphatic heterocycles. The number of hydrogen-bond donors (Lipinski definition) is 3. The number of nitrogen functional groups attached to an aromatic ring is 1. The van der Waals surface area contributed by atoms with Crippen molar-refractivity contribution in [1.82, 2.24) is 9.69 Å². The number of nitriles is 1. The zero-order chi connectivity index (χ0) is 13.8. The summed E-state index contributed by atoms with van der Waals surface area (Å²) in [6.45, 7) is 6.22. The van der Waals surface area contributed by atoms with E-state index in [1.54, 1.807) is 0 Å². The van der Waals surface area contributed by atoms with Gasteiger partial charge in [-0.05, 0) is 32.3 Å². The van der Waals surface area contributed by atoms with Crippen LogP contribution in [0.2, 0.25) is 0 Å². The van der Waals surface area contributed by atoms with Crippen molar-refractivity contribution in [3.05, 3.63) is 5.56 Å². The van der Waals surface area contributed by atoms with Crippen LogP contribution in [0.1, 0.15) is 32.8 Å². The summed E-state index contributed by atoms with van der Waals surface area (Å²) in [6, 6.07) is 1.98. The molecule has 1 heterocycles. The summed E-state index contributed by atoms with van der Waals surface area (Å²) in [5.74, 6) is 0.190. The monoisotopic (exact) mass is 267 g/mol. The minimum atomic E-state index is -0.232. The Morgan fingerprint density at radius 3 is 2.78 bits per heavy atom. The second kappa shape index (κ2) is 5.69. The van der Waals surface area contributed by atoms with Crippen molar-refractivity contribution in [3.8, 4) is 6.07 Å². The number of rotatable bonds is 4. The summed E-state index contributed by atoms with van der Waals surface area (Å²) in [7, 11) is 0. The number of carbonyl (C=O) groups excluding carboxylic acids is 1. The topological polar surface area (TPSA) is 104 Å². The predicted molar refractivity (Wildman–Crippen MR) is 72.2 cm³/mol. The average molecular weight is 267 g/mol. The number of amides is 1. The van der Waals surface area contributed by atoms with Crippen molar-refractivity contribution < 1.29 is 4.79 Å². The van der Waals surface area contributed by atoms with Gasteiger partial charge in [0.1, 0.15) is 16.6 Å². The molecule has 0 fully saturated rings. The van der Waals surface area contributed by atoms with Crippen LogP contribution in [0, 0.1) is 11.3 Å². The lowest BCUT2D eigenvalue weighted by Gasteiger charge is -2.20. The van der Waals surface area contributed by atoms with E-state index in [4.69, 9.17) is 11.0 Å². The van der Waals surface area contributed by atoms with Gasteiger partial charge in [0.25, 0.3) is 0 Å². The van der Waals surface area contributed by atoms with Gasteiger partial charge >= 0.3 is 0 Å². The fourth-order valence-corrected chi connectivity index (χ4v) is 1.99. The van der Waals surface area contributed by atoms with Crippen molar-refractivity contribution in [1.29, 1.82) is 5.26 Å². The molecule has 0 saturated carbocycles. The zero-order valence-electron chi connectivity index (χ0n) is 10.7. The molecule has 1 amide bonds. The van der Waals surface area contributed by atoms with E-state index in [0.717, 1.165) is 11.5 Å². The van der Waals surface area contributed by atoms with Crippen LogP contribution in [0.4, 0.5) is 10.8 Å². The summed E-state index contributed by atoms with van der Waals surface area (Å²) in [6.07, 6.45) is 0.333. The lowest BCUT2D eigenvalue weighted by atomic mass is 10.1. The largest absolute Gasteiger partial charge is 0.382 e. The normalized spacial score (nSPS) is 10.8.